The highest BCUT2D eigenvalue weighted by molar-refractivity contribution is 7.64. The molecular weight excluding hydrogens is 561 g/mol. The van der Waals surface area contributed by atoms with Gasteiger partial charge in [0.15, 0.2) is 7.87 Å². The van der Waals surface area contributed by atoms with Gasteiger partial charge in [-0.3, -0.25) is 14.4 Å². The maximum atomic E-state index is 13.5. The zero-order chi connectivity index (χ0) is 30.2. The summed E-state index contributed by atoms with van der Waals surface area (Å²) in [5.41, 5.74) is -0.0441. The molecular formula is C26H26N3O11P-2. The predicted octanol–water partition coefficient (Wildman–Crippen LogP) is -0.0989. The smallest absolute Gasteiger partial charge is 0.333 e. The summed E-state index contributed by atoms with van der Waals surface area (Å²) in [6.07, 6.45) is -0.300. The third-order valence-corrected chi connectivity index (χ3v) is 7.71. The number of carbonyl (C=O) groups excluding carboxylic acids is 6. The van der Waals surface area contributed by atoms with Crippen molar-refractivity contribution in [3.63, 3.8) is 0 Å². The van der Waals surface area contributed by atoms with Crippen molar-refractivity contribution in [2.45, 2.75) is 45.2 Å². The summed E-state index contributed by atoms with van der Waals surface area (Å²) >= 11 is 0. The summed E-state index contributed by atoms with van der Waals surface area (Å²) in [5.74, 6) is -5.65. The zero-order valence-corrected chi connectivity index (χ0v) is 22.8. The van der Waals surface area contributed by atoms with E-state index in [1.807, 2.05) is 0 Å². The van der Waals surface area contributed by atoms with Crippen LogP contribution in [0, 0.1) is 0 Å². The maximum absolute atomic E-state index is 13.5. The number of hydrogen-bond donors (Lipinski definition) is 2. The molecule has 1 heterocycles. The Morgan fingerprint density at radius 3 is 2.02 bits per heavy atom. The Hall–Kier alpha value is -4.39. The highest BCUT2D eigenvalue weighted by Crippen LogP contribution is 2.54. The van der Waals surface area contributed by atoms with E-state index in [-0.39, 0.29) is 50.6 Å². The van der Waals surface area contributed by atoms with Crippen molar-refractivity contribution < 1.29 is 53.2 Å². The average molecular weight is 587 g/mol. The number of nitrogens with one attached hydrogen (secondary N) is 2. The van der Waals surface area contributed by atoms with Gasteiger partial charge in [-0.1, -0.05) is 12.1 Å². The first kappa shape index (κ1) is 31.1. The molecule has 0 saturated carbocycles. The molecule has 218 valence electrons. The number of hydrogen-bond acceptors (Lipinski definition) is 12. The zero-order valence-electron chi connectivity index (χ0n) is 21.9. The number of rotatable bonds is 14. The van der Waals surface area contributed by atoms with Crippen LogP contribution < -0.4 is 25.5 Å². The molecule has 1 aliphatic rings. The lowest BCUT2D eigenvalue weighted by atomic mass is 10.1. The number of amides is 3. The molecule has 0 aliphatic carbocycles. The Kier molecular flexibility index (Phi) is 10.5. The van der Waals surface area contributed by atoms with Gasteiger partial charge in [-0.15, -0.1) is 5.06 Å². The Balaban J connectivity index is 1.55. The molecule has 0 bridgehead atoms. The van der Waals surface area contributed by atoms with Crippen molar-refractivity contribution >= 4 is 54.9 Å². The second-order valence-electron chi connectivity index (χ2n) is 8.88. The van der Waals surface area contributed by atoms with Crippen LogP contribution >= 0.6 is 7.87 Å². The fourth-order valence-corrected chi connectivity index (χ4v) is 5.67. The van der Waals surface area contributed by atoms with E-state index in [0.717, 1.165) is 18.2 Å². The minimum atomic E-state index is -3.70. The van der Waals surface area contributed by atoms with E-state index in [0.29, 0.717) is 16.3 Å². The maximum Gasteiger partial charge on any atom is 0.333 e. The number of aromatic carboxylic acids is 2. The van der Waals surface area contributed by atoms with Gasteiger partial charge in [0.1, 0.15) is 6.16 Å². The number of carboxylic acids is 2. The first-order valence-corrected chi connectivity index (χ1v) is 14.2. The van der Waals surface area contributed by atoms with Crippen molar-refractivity contribution in [2.24, 2.45) is 0 Å². The standard InChI is InChI=1S/C26H28N3O11P/c1-2-39-41(38,28-20-13-17(25(34)35)12-18(14-20)26(36)37)15-16-6-8-19(9-7-16)27-21(30)4-3-5-24(33)40-29-22(31)10-11-23(29)32/h6-9,12-14H,2-5,10-11,15H2,1H3,(H,27,30)(H,28,38)(H,34,35)(H,36,37)/p-2. The fourth-order valence-electron chi connectivity index (χ4n) is 3.81. The van der Waals surface area contributed by atoms with Crippen LogP contribution in [0.3, 0.4) is 0 Å². The van der Waals surface area contributed by atoms with Gasteiger partial charge in [0.25, 0.3) is 11.8 Å². The number of benzene rings is 2. The third kappa shape index (κ3) is 9.07. The highest BCUT2D eigenvalue weighted by atomic mass is 31.2. The minimum Gasteiger partial charge on any atom is -0.637 e. The van der Waals surface area contributed by atoms with Crippen molar-refractivity contribution in [3.05, 3.63) is 59.2 Å². The lowest BCUT2D eigenvalue weighted by Crippen LogP contribution is -2.32. The summed E-state index contributed by atoms with van der Waals surface area (Å²) in [7, 11) is -3.70. The van der Waals surface area contributed by atoms with Gasteiger partial charge in [0.05, 0.1) is 24.2 Å². The molecule has 2 aromatic rings. The molecule has 3 amide bonds. The van der Waals surface area contributed by atoms with Gasteiger partial charge < -0.3 is 34.8 Å². The molecule has 0 spiro atoms. The Morgan fingerprint density at radius 2 is 1.49 bits per heavy atom. The van der Waals surface area contributed by atoms with E-state index in [2.05, 4.69) is 10.4 Å². The van der Waals surface area contributed by atoms with Crippen LogP contribution in [-0.2, 0) is 34.7 Å². The molecule has 1 saturated heterocycles. The quantitative estimate of drug-likeness (QED) is 0.219. The van der Waals surface area contributed by atoms with Gasteiger partial charge in [-0.05, 0) is 60.4 Å². The highest BCUT2D eigenvalue weighted by Gasteiger charge is 2.33. The summed E-state index contributed by atoms with van der Waals surface area (Å²) in [4.78, 5) is 87.8. The molecule has 1 fully saturated rings. The molecule has 0 aromatic heterocycles. The van der Waals surface area contributed by atoms with Gasteiger partial charge in [0, 0.05) is 31.4 Å². The average Bonchev–Trinajstić information content (AvgIpc) is 3.21. The van der Waals surface area contributed by atoms with Crippen molar-refractivity contribution in [1.29, 1.82) is 0 Å². The van der Waals surface area contributed by atoms with Gasteiger partial charge >= 0.3 is 5.97 Å². The van der Waals surface area contributed by atoms with Crippen molar-refractivity contribution in [3.8, 4) is 0 Å². The summed E-state index contributed by atoms with van der Waals surface area (Å²) in [5, 5.41) is 28.2. The number of hydroxylamine groups is 2. The normalized spacial score (nSPS) is 14.3. The van der Waals surface area contributed by atoms with Crippen LogP contribution in [-0.4, -0.2) is 47.3 Å². The largest absolute Gasteiger partial charge is 0.637 e. The van der Waals surface area contributed by atoms with Crippen LogP contribution in [0.2, 0.25) is 0 Å². The second-order valence-corrected chi connectivity index (χ2v) is 11.0. The summed E-state index contributed by atoms with van der Waals surface area (Å²) in [6, 6.07) is 9.25. The lowest BCUT2D eigenvalue weighted by molar-refractivity contribution is -0.255. The second kappa shape index (κ2) is 13.8. The Bertz CT molecular complexity index is 1300. The number of imide groups is 1. The molecule has 1 atom stereocenters. The summed E-state index contributed by atoms with van der Waals surface area (Å²) in [6.45, 7) is 1.63. The van der Waals surface area contributed by atoms with Crippen molar-refractivity contribution in [1.82, 2.24) is 5.06 Å². The van der Waals surface area contributed by atoms with E-state index in [1.54, 1.807) is 31.2 Å². The molecule has 14 nitrogen and oxygen atoms in total. The fraction of sp³-hybridized carbons (Fsp3) is 0.308. The van der Waals surface area contributed by atoms with Crippen LogP contribution in [0.1, 0.15) is 65.3 Å². The van der Waals surface area contributed by atoms with E-state index in [1.165, 1.54) is 0 Å². The van der Waals surface area contributed by atoms with Gasteiger partial charge in [-0.2, -0.15) is 0 Å². The molecule has 2 aromatic carbocycles. The van der Waals surface area contributed by atoms with Gasteiger partial charge in [0.2, 0.25) is 5.91 Å². The lowest BCUT2D eigenvalue weighted by Gasteiger charge is -2.30. The monoisotopic (exact) mass is 587 g/mol. The molecule has 1 aliphatic heterocycles. The number of anilines is 2. The number of nitrogens with zero attached hydrogens (tertiary/aromatic N) is 1. The Morgan fingerprint density at radius 1 is 0.902 bits per heavy atom. The first-order valence-electron chi connectivity index (χ1n) is 12.4. The van der Waals surface area contributed by atoms with Crippen LogP contribution in [0.25, 0.3) is 0 Å². The topological polar surface area (TPSA) is 217 Å². The van der Waals surface area contributed by atoms with Crippen molar-refractivity contribution in [2.75, 3.05) is 17.0 Å². The molecule has 41 heavy (non-hydrogen) atoms. The van der Waals surface area contributed by atoms with Gasteiger partial charge in [-0.25, -0.2) is 14.4 Å². The first-order chi connectivity index (χ1) is 19.4. The Labute approximate surface area is 234 Å². The SMILES string of the molecule is CCO[P+]([O-])(Cc1ccc(NC(=O)CCCC(=O)ON2C(=O)CCC2=O)cc1)Nc1cc(C(=O)[O-])cc(C(=O)[O-])c1. The van der Waals surface area contributed by atoms with Crippen LogP contribution in [0.4, 0.5) is 11.4 Å². The molecule has 0 radical (unpaired) electrons. The van der Waals surface area contributed by atoms with E-state index < -0.39 is 54.6 Å². The van der Waals surface area contributed by atoms with E-state index in [4.69, 9.17) is 9.36 Å². The number of carboxylic acid groups (broad SMARTS) is 2. The molecule has 2 N–H and O–H groups in total. The summed E-state index contributed by atoms with van der Waals surface area (Å²) < 4.78 is 5.42. The van der Waals surface area contributed by atoms with E-state index >= 15 is 0 Å². The third-order valence-electron chi connectivity index (χ3n) is 5.65. The van der Waals surface area contributed by atoms with Crippen LogP contribution in [0.5, 0.6) is 0 Å². The van der Waals surface area contributed by atoms with E-state index in [9.17, 15) is 43.9 Å². The minimum absolute atomic E-state index is 0.0167. The molecule has 1 unspecified atom stereocenters. The predicted molar refractivity (Wildman–Crippen MR) is 137 cm³/mol. The number of carbonyl (C=O) groups is 6. The molecule has 15 heteroatoms. The molecule has 3 rings (SSSR count). The van der Waals surface area contributed by atoms with Crippen LogP contribution in [0.15, 0.2) is 42.5 Å².